The van der Waals surface area contributed by atoms with E-state index >= 15 is 0 Å². The van der Waals surface area contributed by atoms with Gasteiger partial charge < -0.3 is 10.5 Å². The van der Waals surface area contributed by atoms with Crippen molar-refractivity contribution in [3.8, 4) is 0 Å². The van der Waals surface area contributed by atoms with Gasteiger partial charge in [-0.1, -0.05) is 30.3 Å². The average Bonchev–Trinajstić information content (AvgIpc) is 2.50. The molecule has 1 aliphatic heterocycles. The van der Waals surface area contributed by atoms with Crippen molar-refractivity contribution in [2.75, 3.05) is 26.7 Å². The second kappa shape index (κ2) is 7.41. The van der Waals surface area contributed by atoms with Gasteiger partial charge in [0, 0.05) is 6.54 Å². The van der Waals surface area contributed by atoms with E-state index in [0.29, 0.717) is 12.5 Å². The maximum Gasteiger partial charge on any atom is 0.324 e. The van der Waals surface area contributed by atoms with Crippen LogP contribution < -0.4 is 5.73 Å². The molecule has 4 heteroatoms. The van der Waals surface area contributed by atoms with Crippen LogP contribution in [-0.4, -0.2) is 43.7 Å². The van der Waals surface area contributed by atoms with Gasteiger partial charge in [-0.05, 0) is 43.8 Å². The van der Waals surface area contributed by atoms with Gasteiger partial charge >= 0.3 is 5.97 Å². The zero-order valence-corrected chi connectivity index (χ0v) is 12.1. The molecule has 0 radical (unpaired) electrons. The molecular formula is C16H24N2O2. The van der Waals surface area contributed by atoms with Crippen LogP contribution in [0.15, 0.2) is 30.3 Å². The number of rotatable bonds is 5. The summed E-state index contributed by atoms with van der Waals surface area (Å²) in [7, 11) is 1.42. The fourth-order valence-corrected chi connectivity index (χ4v) is 2.95. The lowest BCUT2D eigenvalue weighted by molar-refractivity contribution is -0.147. The molecule has 1 atom stereocenters. The number of methoxy groups -OCH3 is 1. The molecule has 1 aromatic carbocycles. The monoisotopic (exact) mass is 276 g/mol. The minimum atomic E-state index is -0.280. The van der Waals surface area contributed by atoms with Crippen molar-refractivity contribution >= 4 is 5.97 Å². The number of piperidine rings is 1. The number of carbonyl (C=O) groups is 1. The molecule has 1 aromatic rings. The molecule has 1 fully saturated rings. The predicted octanol–water partition coefficient (Wildman–Crippen LogP) is 1.44. The van der Waals surface area contributed by atoms with Gasteiger partial charge in [-0.2, -0.15) is 0 Å². The summed E-state index contributed by atoms with van der Waals surface area (Å²) in [4.78, 5) is 13.8. The Balaban J connectivity index is 1.84. The lowest BCUT2D eigenvalue weighted by Crippen LogP contribution is -2.50. The van der Waals surface area contributed by atoms with Crippen molar-refractivity contribution in [1.29, 1.82) is 0 Å². The zero-order chi connectivity index (χ0) is 14.4. The topological polar surface area (TPSA) is 55.6 Å². The van der Waals surface area contributed by atoms with E-state index in [4.69, 9.17) is 10.5 Å². The third kappa shape index (κ3) is 3.81. The van der Waals surface area contributed by atoms with Crippen molar-refractivity contribution in [3.63, 3.8) is 0 Å². The Hall–Kier alpha value is -1.39. The minimum Gasteiger partial charge on any atom is -0.468 e. The first-order chi connectivity index (χ1) is 9.74. The third-order valence-corrected chi connectivity index (χ3v) is 4.15. The molecule has 20 heavy (non-hydrogen) atoms. The number of carbonyl (C=O) groups excluding carboxylic acids is 1. The predicted molar refractivity (Wildman–Crippen MR) is 79.3 cm³/mol. The highest BCUT2D eigenvalue weighted by Crippen LogP contribution is 2.23. The van der Waals surface area contributed by atoms with E-state index in [1.54, 1.807) is 0 Å². The van der Waals surface area contributed by atoms with Crippen molar-refractivity contribution < 1.29 is 9.53 Å². The maximum atomic E-state index is 11.7. The first-order valence-corrected chi connectivity index (χ1v) is 7.30. The molecule has 0 aliphatic carbocycles. The lowest BCUT2D eigenvalue weighted by Gasteiger charge is -2.35. The molecule has 2 N–H and O–H groups in total. The van der Waals surface area contributed by atoms with Crippen LogP contribution in [0.5, 0.6) is 0 Å². The molecule has 0 spiro atoms. The van der Waals surface area contributed by atoms with Gasteiger partial charge in [-0.25, -0.2) is 0 Å². The van der Waals surface area contributed by atoms with Crippen LogP contribution in [0.3, 0.4) is 0 Å². The summed E-state index contributed by atoms with van der Waals surface area (Å²) in [6.07, 6.45) is 3.35. The molecular weight excluding hydrogens is 252 g/mol. The smallest absolute Gasteiger partial charge is 0.324 e. The average molecular weight is 276 g/mol. The molecule has 0 bridgehead atoms. The second-order valence-electron chi connectivity index (χ2n) is 5.44. The largest absolute Gasteiger partial charge is 0.468 e. The zero-order valence-electron chi connectivity index (χ0n) is 12.1. The van der Waals surface area contributed by atoms with Gasteiger partial charge in [-0.3, -0.25) is 9.69 Å². The molecule has 2 rings (SSSR count). The third-order valence-electron chi connectivity index (χ3n) is 4.15. The van der Waals surface area contributed by atoms with E-state index in [9.17, 15) is 4.79 Å². The van der Waals surface area contributed by atoms with Gasteiger partial charge in [0.25, 0.3) is 0 Å². The summed E-state index contributed by atoms with van der Waals surface area (Å²) in [6, 6.07) is 10.3. The summed E-state index contributed by atoms with van der Waals surface area (Å²) in [6.45, 7) is 2.18. The van der Waals surface area contributed by atoms with Gasteiger partial charge in [0.05, 0.1) is 7.11 Å². The van der Waals surface area contributed by atoms with E-state index in [1.165, 1.54) is 12.7 Å². The summed E-state index contributed by atoms with van der Waals surface area (Å²) in [5.41, 5.74) is 7.09. The number of hydrogen-bond donors (Lipinski definition) is 1. The summed E-state index contributed by atoms with van der Waals surface area (Å²) in [5, 5.41) is 0. The Bertz CT molecular complexity index is 414. The van der Waals surface area contributed by atoms with Crippen LogP contribution in [0.4, 0.5) is 0 Å². The molecule has 1 heterocycles. The first kappa shape index (κ1) is 15.0. The van der Waals surface area contributed by atoms with Crippen molar-refractivity contribution in [3.05, 3.63) is 35.9 Å². The number of benzene rings is 1. The van der Waals surface area contributed by atoms with Crippen LogP contribution in [0.2, 0.25) is 0 Å². The number of hydrogen-bond acceptors (Lipinski definition) is 4. The fraction of sp³-hybridized carbons (Fsp3) is 0.562. The van der Waals surface area contributed by atoms with Crippen LogP contribution in [0.25, 0.3) is 0 Å². The van der Waals surface area contributed by atoms with E-state index in [1.807, 2.05) is 6.07 Å². The van der Waals surface area contributed by atoms with Crippen molar-refractivity contribution in [2.24, 2.45) is 11.7 Å². The molecule has 0 saturated carbocycles. The number of likely N-dealkylation sites (tertiary alicyclic amines) is 1. The molecule has 0 aromatic heterocycles. The first-order valence-electron chi connectivity index (χ1n) is 7.30. The normalized spacial score (nSPS) is 18.7. The molecule has 4 nitrogen and oxygen atoms in total. The molecule has 1 aliphatic rings. The molecule has 0 amide bonds. The summed E-state index contributed by atoms with van der Waals surface area (Å²) < 4.78 is 4.82. The molecule has 1 unspecified atom stereocenters. The fourth-order valence-electron chi connectivity index (χ4n) is 2.95. The van der Waals surface area contributed by atoms with Gasteiger partial charge in [0.15, 0.2) is 0 Å². The number of nitrogens with two attached hydrogens (primary N) is 1. The van der Waals surface area contributed by atoms with Gasteiger partial charge in [0.2, 0.25) is 0 Å². The number of esters is 1. The van der Waals surface area contributed by atoms with E-state index in [0.717, 1.165) is 32.4 Å². The van der Waals surface area contributed by atoms with E-state index < -0.39 is 0 Å². The lowest BCUT2D eigenvalue weighted by atomic mass is 9.89. The highest BCUT2D eigenvalue weighted by Gasteiger charge is 2.29. The molecule has 1 saturated heterocycles. The maximum absolute atomic E-state index is 11.7. The summed E-state index contributed by atoms with van der Waals surface area (Å²) >= 11 is 0. The van der Waals surface area contributed by atoms with Crippen molar-refractivity contribution in [2.45, 2.75) is 25.3 Å². The quantitative estimate of drug-likeness (QED) is 0.827. The minimum absolute atomic E-state index is 0.214. The van der Waals surface area contributed by atoms with E-state index in [-0.39, 0.29) is 12.0 Å². The summed E-state index contributed by atoms with van der Waals surface area (Å²) in [5.74, 6) is 0.485. The van der Waals surface area contributed by atoms with Crippen LogP contribution in [0.1, 0.15) is 18.4 Å². The van der Waals surface area contributed by atoms with Crippen LogP contribution in [-0.2, 0) is 16.0 Å². The highest BCUT2D eigenvalue weighted by molar-refractivity contribution is 5.75. The standard InChI is InChI=1S/C16H24N2O2/c1-20-16(19)15(12-17)18-9-7-14(8-10-18)11-13-5-3-2-4-6-13/h2-6,14-15H,7-12,17H2,1H3. The Morgan fingerprint density at radius 3 is 2.55 bits per heavy atom. The highest BCUT2D eigenvalue weighted by atomic mass is 16.5. The van der Waals surface area contributed by atoms with E-state index in [2.05, 4.69) is 29.2 Å². The Morgan fingerprint density at radius 1 is 1.35 bits per heavy atom. The number of ether oxygens (including phenoxy) is 1. The van der Waals surface area contributed by atoms with Crippen molar-refractivity contribution in [1.82, 2.24) is 4.90 Å². The van der Waals surface area contributed by atoms with Gasteiger partial charge in [0.1, 0.15) is 6.04 Å². The second-order valence-corrected chi connectivity index (χ2v) is 5.44. The number of nitrogens with zero attached hydrogens (tertiary/aromatic N) is 1. The van der Waals surface area contributed by atoms with Crippen LogP contribution in [0, 0.1) is 5.92 Å². The Kier molecular flexibility index (Phi) is 5.56. The Morgan fingerprint density at radius 2 is 2.00 bits per heavy atom. The molecule has 110 valence electrons. The Labute approximate surface area is 120 Å². The SMILES string of the molecule is COC(=O)C(CN)N1CCC(Cc2ccccc2)CC1. The van der Waals surface area contributed by atoms with Gasteiger partial charge in [-0.15, -0.1) is 0 Å². The van der Waals surface area contributed by atoms with Crippen LogP contribution >= 0.6 is 0 Å².